The van der Waals surface area contributed by atoms with E-state index in [1.807, 2.05) is 62.4 Å². The molecule has 290 valence electrons. The van der Waals surface area contributed by atoms with Crippen LogP contribution in [0.2, 0.25) is 0 Å². The van der Waals surface area contributed by atoms with Crippen LogP contribution < -0.4 is 10.2 Å². The average Bonchev–Trinajstić information content (AvgIpc) is 3.09. The Morgan fingerprint density at radius 1 is 0.444 bits per heavy atom. The summed E-state index contributed by atoms with van der Waals surface area (Å²) in [7, 11) is 10.5. The average molecular weight is 900 g/mol. The zero-order chi connectivity index (χ0) is 40.4. The van der Waals surface area contributed by atoms with Gasteiger partial charge in [-0.05, 0) is 105 Å². The van der Waals surface area contributed by atoms with Crippen molar-refractivity contribution < 1.29 is 32.6 Å². The molecule has 0 atom stereocenters. The van der Waals surface area contributed by atoms with Crippen molar-refractivity contribution in [2.45, 2.75) is 92.9 Å². The predicted molar refractivity (Wildman–Crippen MR) is 229 cm³/mol. The van der Waals surface area contributed by atoms with Gasteiger partial charge in [-0.2, -0.15) is 42.3 Å². The summed E-state index contributed by atoms with van der Waals surface area (Å²) in [5, 5.41) is 38.8. The minimum absolute atomic E-state index is 0. The second kappa shape index (κ2) is 25.5. The molecule has 0 amide bonds. The first kappa shape index (κ1) is 50.4. The van der Waals surface area contributed by atoms with Gasteiger partial charge in [-0.3, -0.25) is 9.98 Å². The van der Waals surface area contributed by atoms with Crippen LogP contribution in [0.5, 0.6) is 0 Å². The van der Waals surface area contributed by atoms with E-state index >= 15 is 0 Å². The van der Waals surface area contributed by atoms with Gasteiger partial charge in [0.05, 0.1) is 11.4 Å². The van der Waals surface area contributed by atoms with Crippen LogP contribution in [0.1, 0.15) is 124 Å². The molecule has 0 fully saturated rings. The Bertz CT molecular complexity index is 1590. The fourth-order valence-electron chi connectivity index (χ4n) is 5.96. The summed E-state index contributed by atoms with van der Waals surface area (Å²) in [6.07, 6.45) is 0. The van der Waals surface area contributed by atoms with Gasteiger partial charge in [0.2, 0.25) is 0 Å². The van der Waals surface area contributed by atoms with Crippen LogP contribution in [-0.2, 0) is 22.4 Å². The van der Waals surface area contributed by atoms with Gasteiger partial charge < -0.3 is 26.2 Å². The number of para-hydroxylation sites is 2. The topological polar surface area (TPSA) is 113 Å². The van der Waals surface area contributed by atoms with Crippen molar-refractivity contribution in [3.63, 3.8) is 0 Å². The monoisotopic (exact) mass is 899 g/mol. The van der Waals surface area contributed by atoms with E-state index in [-0.39, 0.29) is 57.8 Å². The number of nitrogens with zero attached hydrogens (tertiary/aromatic N) is 5. The van der Waals surface area contributed by atoms with Crippen molar-refractivity contribution in [3.05, 3.63) is 133 Å². The zero-order valence-corrected chi connectivity index (χ0v) is 39.0. The fraction of sp³-hybridized carbons (Fsp3) is 0.435. The van der Waals surface area contributed by atoms with Crippen LogP contribution in [0.15, 0.2) is 82.8 Å². The molecule has 4 aromatic carbocycles. The first-order valence-electron chi connectivity index (χ1n) is 18.5. The molecule has 4 aromatic rings. The minimum atomic E-state index is -0.315. The van der Waals surface area contributed by atoms with Crippen LogP contribution in [0, 0.1) is 13.8 Å². The largest absolute Gasteiger partial charge is 5.00 e. The van der Waals surface area contributed by atoms with Gasteiger partial charge >= 0.3 is 22.4 Å². The van der Waals surface area contributed by atoms with Crippen molar-refractivity contribution in [1.29, 1.82) is 0 Å². The van der Waals surface area contributed by atoms with Gasteiger partial charge in [0, 0.05) is 0 Å². The predicted octanol–water partition coefficient (Wildman–Crippen LogP) is 11.2. The molecule has 0 aromatic heterocycles. The molecule has 0 bridgehead atoms. The molecule has 0 aliphatic heterocycles. The summed E-state index contributed by atoms with van der Waals surface area (Å²) < 4.78 is 0. The van der Waals surface area contributed by atoms with Crippen LogP contribution in [0.4, 0.5) is 11.4 Å². The number of benzene rings is 4. The summed E-state index contributed by atoms with van der Waals surface area (Å²) in [6.45, 7) is 20.9. The summed E-state index contributed by atoms with van der Waals surface area (Å²) in [4.78, 5) is 9.57. The zero-order valence-electron chi connectivity index (χ0n) is 35.7. The molecule has 0 saturated carbocycles. The molecular weight excluding hydrogens is 835 g/mol. The molecule has 7 nitrogen and oxygen atoms in total. The van der Waals surface area contributed by atoms with Gasteiger partial charge in [0.1, 0.15) is 0 Å². The van der Waals surface area contributed by atoms with E-state index in [0.29, 0.717) is 11.1 Å². The van der Waals surface area contributed by atoms with E-state index in [1.165, 1.54) is 0 Å². The summed E-state index contributed by atoms with van der Waals surface area (Å²) in [6, 6.07) is 23.7. The molecule has 0 aliphatic rings. The Hall–Kier alpha value is -3.56. The Kier molecular flexibility index (Phi) is 23.8. The molecule has 0 unspecified atom stereocenters. The molecular formula is C46H64N5O2Ta. The third-order valence-corrected chi connectivity index (χ3v) is 8.37. The van der Waals surface area contributed by atoms with Gasteiger partial charge in [0.25, 0.3) is 0 Å². The van der Waals surface area contributed by atoms with Crippen molar-refractivity contribution in [2.75, 3.05) is 42.3 Å². The number of hydrogen-bond donors (Lipinski definition) is 0. The van der Waals surface area contributed by atoms with Crippen LogP contribution >= 0.6 is 0 Å². The minimum Gasteiger partial charge on any atom is -0.858 e. The molecule has 4 rings (SSSR count). The van der Waals surface area contributed by atoms with E-state index in [2.05, 4.69) is 95.6 Å². The Morgan fingerprint density at radius 2 is 0.667 bits per heavy atom. The third-order valence-electron chi connectivity index (χ3n) is 8.37. The van der Waals surface area contributed by atoms with Crippen molar-refractivity contribution >= 4 is 23.2 Å². The first-order valence-corrected chi connectivity index (χ1v) is 18.5. The summed E-state index contributed by atoms with van der Waals surface area (Å²) in [5.41, 5.74) is 9.92. The standard InChI is InChI=1S/C40H48N2O2.3C2H6N.Ta/c1-23(2)29-17-13-18-30(24(3)4)37(29)41-39(43)33-21-11-15-27(9)35(33)36-28(10)16-12-22-34(36)40(44)42-38-31(25(5)6)19-14-20-32(38)26(7)8;3*1-3-2;/h11-26H,1-10H3,(H,41,43)(H,42,44);3*1-2H3;/q;3*-1;+5/p-2. The van der Waals surface area contributed by atoms with E-state index in [4.69, 9.17) is 9.98 Å². The first-order chi connectivity index (χ1) is 25.1. The van der Waals surface area contributed by atoms with Gasteiger partial charge in [0.15, 0.2) is 0 Å². The molecule has 8 heteroatoms. The fourth-order valence-corrected chi connectivity index (χ4v) is 5.96. The molecule has 0 spiro atoms. The molecule has 0 heterocycles. The maximum Gasteiger partial charge on any atom is 5.00 e. The van der Waals surface area contributed by atoms with E-state index < -0.39 is 0 Å². The quantitative estimate of drug-likeness (QED) is 0.123. The Morgan fingerprint density at radius 3 is 0.889 bits per heavy atom. The normalized spacial score (nSPS) is 11.3. The third kappa shape index (κ3) is 13.9. The Labute approximate surface area is 343 Å². The summed E-state index contributed by atoms with van der Waals surface area (Å²) >= 11 is 0. The second-order valence-electron chi connectivity index (χ2n) is 14.4. The number of aliphatic imine (C=N–C) groups is 2. The molecule has 54 heavy (non-hydrogen) atoms. The Balaban J connectivity index is 0.00000255. The molecule has 0 aliphatic carbocycles. The maximum absolute atomic E-state index is 14.2. The van der Waals surface area contributed by atoms with Gasteiger partial charge in [-0.1, -0.05) is 128 Å². The van der Waals surface area contributed by atoms with Crippen LogP contribution in [0.25, 0.3) is 27.1 Å². The van der Waals surface area contributed by atoms with Crippen molar-refractivity contribution in [3.8, 4) is 11.1 Å². The molecule has 0 saturated heterocycles. The van der Waals surface area contributed by atoms with E-state index in [1.54, 1.807) is 42.3 Å². The van der Waals surface area contributed by atoms with Crippen molar-refractivity contribution in [1.82, 2.24) is 0 Å². The SMILES string of the molecule is C[N-]C.C[N-]C.C[N-]C.Cc1cccc(C([O-])=Nc2c(C(C)C)cccc2C(C)C)c1-c1c(C)cccc1C([O-])=Nc1c(C(C)C)cccc1C(C)C.[Ta+5]. The van der Waals surface area contributed by atoms with E-state index in [0.717, 1.165) is 55.9 Å². The van der Waals surface area contributed by atoms with Gasteiger partial charge in [-0.15, -0.1) is 0 Å². The van der Waals surface area contributed by atoms with Crippen molar-refractivity contribution in [2.24, 2.45) is 9.98 Å². The maximum atomic E-state index is 14.2. The van der Waals surface area contributed by atoms with Crippen LogP contribution in [0.3, 0.4) is 0 Å². The van der Waals surface area contributed by atoms with Crippen LogP contribution in [-0.4, -0.2) is 54.1 Å². The number of hydrogen-bond acceptors (Lipinski definition) is 4. The second-order valence-corrected chi connectivity index (χ2v) is 14.4. The number of aryl methyl sites for hydroxylation is 2. The molecule has 0 N–H and O–H groups in total. The summed E-state index contributed by atoms with van der Waals surface area (Å²) in [5.74, 6) is 0.217. The van der Waals surface area contributed by atoms with E-state index in [9.17, 15) is 10.2 Å². The number of rotatable bonds is 9. The smallest absolute Gasteiger partial charge is 0.858 e. The molecule has 0 radical (unpaired) electrons. The van der Waals surface area contributed by atoms with Gasteiger partial charge in [-0.25, -0.2) is 0 Å².